The molecule has 1 saturated carbocycles. The second-order valence-electron chi connectivity index (χ2n) is 4.06. The standard InChI is InChI=1S/C13H12N2O/c14-9-13(6-7-13)11-3-1-2-10(8-11)4-5-12(15)16/h1-5,8H,6-7H2,(H2,15,16). The normalized spacial score (nSPS) is 16.9. The maximum absolute atomic E-state index is 10.6. The Bertz CT molecular complexity index is 493. The fourth-order valence-electron chi connectivity index (χ4n) is 1.71. The first-order valence-electron chi connectivity index (χ1n) is 5.16. The van der Waals surface area contributed by atoms with Crippen molar-refractivity contribution in [1.29, 1.82) is 5.26 Å². The lowest BCUT2D eigenvalue weighted by molar-refractivity contribution is -0.113. The third kappa shape index (κ3) is 1.96. The van der Waals surface area contributed by atoms with E-state index in [0.29, 0.717) is 0 Å². The molecule has 80 valence electrons. The van der Waals surface area contributed by atoms with E-state index in [1.165, 1.54) is 6.08 Å². The lowest BCUT2D eigenvalue weighted by Gasteiger charge is -2.06. The van der Waals surface area contributed by atoms with Crippen molar-refractivity contribution < 1.29 is 4.79 Å². The van der Waals surface area contributed by atoms with Gasteiger partial charge in [-0.05, 0) is 30.0 Å². The van der Waals surface area contributed by atoms with E-state index < -0.39 is 5.91 Å². The Balaban J connectivity index is 2.28. The molecule has 0 aromatic heterocycles. The first-order chi connectivity index (χ1) is 7.66. The number of nitriles is 1. The van der Waals surface area contributed by atoms with Crippen LogP contribution in [0.2, 0.25) is 0 Å². The molecule has 0 spiro atoms. The quantitative estimate of drug-likeness (QED) is 0.775. The van der Waals surface area contributed by atoms with Gasteiger partial charge in [0.2, 0.25) is 5.91 Å². The molecule has 0 bridgehead atoms. The minimum atomic E-state index is -0.466. The number of rotatable bonds is 3. The summed E-state index contributed by atoms with van der Waals surface area (Å²) in [5.74, 6) is -0.466. The molecule has 0 saturated heterocycles. The molecule has 2 N–H and O–H groups in total. The largest absolute Gasteiger partial charge is 0.366 e. The second-order valence-corrected chi connectivity index (χ2v) is 4.06. The van der Waals surface area contributed by atoms with Gasteiger partial charge in [0, 0.05) is 6.08 Å². The molecular formula is C13H12N2O. The summed E-state index contributed by atoms with van der Waals surface area (Å²) in [6.07, 6.45) is 4.84. The van der Waals surface area contributed by atoms with Crippen LogP contribution in [-0.2, 0) is 10.2 Å². The van der Waals surface area contributed by atoms with Gasteiger partial charge in [0.15, 0.2) is 0 Å². The van der Waals surface area contributed by atoms with E-state index in [2.05, 4.69) is 6.07 Å². The van der Waals surface area contributed by atoms with Crippen molar-refractivity contribution in [3.63, 3.8) is 0 Å². The maximum atomic E-state index is 10.6. The lowest BCUT2D eigenvalue weighted by Crippen LogP contribution is -2.05. The van der Waals surface area contributed by atoms with E-state index >= 15 is 0 Å². The molecule has 1 aliphatic carbocycles. The summed E-state index contributed by atoms with van der Waals surface area (Å²) in [6, 6.07) is 10.0. The van der Waals surface area contributed by atoms with Crippen LogP contribution >= 0.6 is 0 Å². The SMILES string of the molecule is N#CC1(c2cccc(C=CC(N)=O)c2)CC1. The molecule has 1 amide bonds. The van der Waals surface area contributed by atoms with Crippen LogP contribution in [0.1, 0.15) is 24.0 Å². The van der Waals surface area contributed by atoms with Crippen molar-refractivity contribution in [1.82, 2.24) is 0 Å². The average Bonchev–Trinajstić information content (AvgIpc) is 3.08. The van der Waals surface area contributed by atoms with E-state index in [1.807, 2.05) is 24.3 Å². The van der Waals surface area contributed by atoms with Gasteiger partial charge in [-0.15, -0.1) is 0 Å². The molecule has 0 unspecified atom stereocenters. The van der Waals surface area contributed by atoms with Gasteiger partial charge in [0.05, 0.1) is 11.5 Å². The highest BCUT2D eigenvalue weighted by molar-refractivity contribution is 5.90. The van der Waals surface area contributed by atoms with Crippen molar-refractivity contribution in [3.8, 4) is 6.07 Å². The summed E-state index contributed by atoms with van der Waals surface area (Å²) in [6.45, 7) is 0. The first-order valence-corrected chi connectivity index (χ1v) is 5.16. The summed E-state index contributed by atoms with van der Waals surface area (Å²) < 4.78 is 0. The number of primary amides is 1. The molecule has 3 nitrogen and oxygen atoms in total. The molecular weight excluding hydrogens is 200 g/mol. The third-order valence-electron chi connectivity index (χ3n) is 2.84. The van der Waals surface area contributed by atoms with Crippen LogP contribution in [0, 0.1) is 11.3 Å². The molecule has 1 aromatic carbocycles. The van der Waals surface area contributed by atoms with Gasteiger partial charge in [-0.3, -0.25) is 4.79 Å². The molecule has 0 heterocycles. The fraction of sp³-hybridized carbons (Fsp3) is 0.231. The molecule has 1 fully saturated rings. The van der Waals surface area contributed by atoms with E-state index in [9.17, 15) is 4.79 Å². The minimum absolute atomic E-state index is 0.281. The predicted octanol–water partition coefficient (Wildman–Crippen LogP) is 1.74. The Kier molecular flexibility index (Phi) is 2.49. The van der Waals surface area contributed by atoms with E-state index in [0.717, 1.165) is 24.0 Å². The number of amides is 1. The summed E-state index contributed by atoms with van der Waals surface area (Å²) >= 11 is 0. The van der Waals surface area contributed by atoms with Gasteiger partial charge in [-0.2, -0.15) is 5.26 Å². The smallest absolute Gasteiger partial charge is 0.241 e. The summed E-state index contributed by atoms with van der Waals surface area (Å²) in [7, 11) is 0. The van der Waals surface area contributed by atoms with Gasteiger partial charge in [0.25, 0.3) is 0 Å². The van der Waals surface area contributed by atoms with E-state index in [4.69, 9.17) is 11.0 Å². The monoisotopic (exact) mass is 212 g/mol. The zero-order valence-corrected chi connectivity index (χ0v) is 8.81. The number of nitrogens with two attached hydrogens (primary N) is 1. The van der Waals surface area contributed by atoms with E-state index in [-0.39, 0.29) is 5.41 Å². The van der Waals surface area contributed by atoms with Crippen molar-refractivity contribution in [2.75, 3.05) is 0 Å². The zero-order chi connectivity index (χ0) is 11.6. The second kappa shape index (κ2) is 3.82. The first kappa shape index (κ1) is 10.4. The molecule has 3 heteroatoms. The van der Waals surface area contributed by atoms with Gasteiger partial charge in [-0.25, -0.2) is 0 Å². The molecule has 0 atom stereocenters. The van der Waals surface area contributed by atoms with Crippen molar-refractivity contribution in [2.24, 2.45) is 5.73 Å². The third-order valence-corrected chi connectivity index (χ3v) is 2.84. The Morgan fingerprint density at radius 3 is 2.81 bits per heavy atom. The highest BCUT2D eigenvalue weighted by Gasteiger charge is 2.44. The average molecular weight is 212 g/mol. The van der Waals surface area contributed by atoms with Crippen LogP contribution in [-0.4, -0.2) is 5.91 Å². The number of nitrogens with zero attached hydrogens (tertiary/aromatic N) is 1. The Morgan fingerprint density at radius 1 is 1.50 bits per heavy atom. The van der Waals surface area contributed by atoms with E-state index in [1.54, 1.807) is 6.08 Å². The van der Waals surface area contributed by atoms with Gasteiger partial charge < -0.3 is 5.73 Å². The molecule has 1 aliphatic rings. The molecule has 1 aromatic rings. The van der Waals surface area contributed by atoms with Gasteiger partial charge in [-0.1, -0.05) is 24.3 Å². The summed E-state index contributed by atoms with van der Waals surface area (Å²) in [5.41, 5.74) is 6.67. The van der Waals surface area contributed by atoms with Gasteiger partial charge >= 0.3 is 0 Å². The van der Waals surface area contributed by atoms with Crippen LogP contribution in [0.25, 0.3) is 6.08 Å². The highest BCUT2D eigenvalue weighted by Crippen LogP contribution is 2.47. The van der Waals surface area contributed by atoms with Crippen LogP contribution in [0.5, 0.6) is 0 Å². The lowest BCUT2D eigenvalue weighted by atomic mass is 9.96. The van der Waals surface area contributed by atoms with Crippen LogP contribution in [0.4, 0.5) is 0 Å². The Morgan fingerprint density at radius 2 is 2.25 bits per heavy atom. The number of carbonyl (C=O) groups excluding carboxylic acids is 1. The Labute approximate surface area is 94.2 Å². The van der Waals surface area contributed by atoms with Crippen LogP contribution in [0.3, 0.4) is 0 Å². The fourth-order valence-corrected chi connectivity index (χ4v) is 1.71. The number of carbonyl (C=O) groups is 1. The van der Waals surface area contributed by atoms with Crippen molar-refractivity contribution >= 4 is 12.0 Å². The number of hydrogen-bond acceptors (Lipinski definition) is 2. The molecule has 0 radical (unpaired) electrons. The zero-order valence-electron chi connectivity index (χ0n) is 8.81. The highest BCUT2D eigenvalue weighted by atomic mass is 16.1. The van der Waals surface area contributed by atoms with Gasteiger partial charge in [0.1, 0.15) is 0 Å². The minimum Gasteiger partial charge on any atom is -0.366 e. The molecule has 2 rings (SSSR count). The number of benzene rings is 1. The van der Waals surface area contributed by atoms with Crippen molar-refractivity contribution in [3.05, 3.63) is 41.5 Å². The molecule has 16 heavy (non-hydrogen) atoms. The topological polar surface area (TPSA) is 66.9 Å². The van der Waals surface area contributed by atoms with Crippen LogP contribution < -0.4 is 5.73 Å². The predicted molar refractivity (Wildman–Crippen MR) is 61.2 cm³/mol. The number of hydrogen-bond donors (Lipinski definition) is 1. The summed E-state index contributed by atoms with van der Waals surface area (Å²) in [4.78, 5) is 10.6. The Hall–Kier alpha value is -2.08. The maximum Gasteiger partial charge on any atom is 0.241 e. The van der Waals surface area contributed by atoms with Crippen molar-refractivity contribution in [2.45, 2.75) is 18.3 Å². The molecule has 0 aliphatic heterocycles. The summed E-state index contributed by atoms with van der Waals surface area (Å²) in [5, 5.41) is 9.08. The van der Waals surface area contributed by atoms with Crippen LogP contribution in [0.15, 0.2) is 30.3 Å².